The zero-order valence-electron chi connectivity index (χ0n) is 10.9. The van der Waals surface area contributed by atoms with Crippen LogP contribution in [0.1, 0.15) is 5.56 Å². The molecule has 2 aromatic heterocycles. The molecule has 0 aliphatic carbocycles. The first-order valence-corrected chi connectivity index (χ1v) is 6.86. The standard InChI is InChI=1S/C13H10N4O3S/c1-7-2-3-10(9(6-7)17(18)19)20-11-8-4-5-21-12(8)16-13(14)15-11/h2-6H,1H3,(H2,14,15,16). The van der Waals surface area contributed by atoms with E-state index in [-0.39, 0.29) is 23.3 Å². The summed E-state index contributed by atoms with van der Waals surface area (Å²) in [6.45, 7) is 1.77. The van der Waals surface area contributed by atoms with Crippen LogP contribution in [-0.4, -0.2) is 14.9 Å². The lowest BCUT2D eigenvalue weighted by Crippen LogP contribution is -1.99. The Hall–Kier alpha value is -2.74. The van der Waals surface area contributed by atoms with Gasteiger partial charge in [0.1, 0.15) is 4.83 Å². The maximum absolute atomic E-state index is 11.1. The average Bonchev–Trinajstić information content (AvgIpc) is 2.88. The molecule has 106 valence electrons. The Morgan fingerprint density at radius 2 is 2.14 bits per heavy atom. The second kappa shape index (κ2) is 4.98. The molecule has 0 saturated carbocycles. The lowest BCUT2D eigenvalue weighted by molar-refractivity contribution is -0.385. The zero-order chi connectivity index (χ0) is 15.0. The summed E-state index contributed by atoms with van der Waals surface area (Å²) >= 11 is 1.39. The van der Waals surface area contributed by atoms with Crippen molar-refractivity contribution in [3.63, 3.8) is 0 Å². The van der Waals surface area contributed by atoms with E-state index in [1.807, 2.05) is 5.38 Å². The summed E-state index contributed by atoms with van der Waals surface area (Å²) < 4.78 is 5.61. The third-order valence-corrected chi connectivity index (χ3v) is 3.63. The number of hydrogen-bond donors (Lipinski definition) is 1. The van der Waals surface area contributed by atoms with Crippen molar-refractivity contribution in [2.24, 2.45) is 0 Å². The van der Waals surface area contributed by atoms with E-state index < -0.39 is 4.92 Å². The number of aryl methyl sites for hydroxylation is 1. The van der Waals surface area contributed by atoms with Gasteiger partial charge in [0.15, 0.2) is 0 Å². The van der Waals surface area contributed by atoms with Crippen LogP contribution in [0.4, 0.5) is 11.6 Å². The molecule has 0 fully saturated rings. The largest absolute Gasteiger partial charge is 0.431 e. The van der Waals surface area contributed by atoms with Crippen LogP contribution in [0.3, 0.4) is 0 Å². The Balaban J connectivity index is 2.10. The van der Waals surface area contributed by atoms with Crippen molar-refractivity contribution in [1.82, 2.24) is 9.97 Å². The number of nitro groups is 1. The fourth-order valence-electron chi connectivity index (χ4n) is 1.88. The molecule has 0 radical (unpaired) electrons. The molecule has 3 aromatic rings. The number of ether oxygens (including phenoxy) is 1. The van der Waals surface area contributed by atoms with E-state index in [2.05, 4.69) is 9.97 Å². The first kappa shape index (κ1) is 13.3. The predicted octanol–water partition coefficient (Wildman–Crippen LogP) is 3.28. The van der Waals surface area contributed by atoms with Crippen LogP contribution >= 0.6 is 11.3 Å². The van der Waals surface area contributed by atoms with Crippen molar-refractivity contribution in [2.75, 3.05) is 5.73 Å². The number of rotatable bonds is 3. The zero-order valence-corrected chi connectivity index (χ0v) is 11.8. The van der Waals surface area contributed by atoms with Gasteiger partial charge in [0.05, 0.1) is 10.3 Å². The third-order valence-electron chi connectivity index (χ3n) is 2.83. The van der Waals surface area contributed by atoms with Gasteiger partial charge in [-0.1, -0.05) is 6.07 Å². The molecule has 0 saturated heterocycles. The van der Waals surface area contributed by atoms with Crippen LogP contribution in [0.15, 0.2) is 29.6 Å². The van der Waals surface area contributed by atoms with Gasteiger partial charge >= 0.3 is 5.69 Å². The molecule has 0 atom stereocenters. The minimum Gasteiger partial charge on any atom is -0.431 e. The summed E-state index contributed by atoms with van der Waals surface area (Å²) in [5.74, 6) is 0.400. The number of nitro benzene ring substituents is 1. The minimum atomic E-state index is -0.488. The molecule has 0 aliphatic rings. The quantitative estimate of drug-likeness (QED) is 0.588. The molecule has 7 nitrogen and oxygen atoms in total. The molecule has 8 heteroatoms. The summed E-state index contributed by atoms with van der Waals surface area (Å²) in [6, 6.07) is 6.52. The number of thiophene rings is 1. The molecule has 1 aromatic carbocycles. The van der Waals surface area contributed by atoms with Crippen molar-refractivity contribution in [2.45, 2.75) is 6.92 Å². The Kier molecular flexibility index (Phi) is 3.15. The average molecular weight is 302 g/mol. The number of fused-ring (bicyclic) bond motifs is 1. The fraction of sp³-hybridized carbons (Fsp3) is 0.0769. The molecule has 0 unspecified atom stereocenters. The molecule has 2 heterocycles. The summed E-state index contributed by atoms with van der Waals surface area (Å²) in [7, 11) is 0. The second-order valence-corrected chi connectivity index (χ2v) is 5.25. The topological polar surface area (TPSA) is 104 Å². The van der Waals surface area contributed by atoms with E-state index in [0.29, 0.717) is 10.2 Å². The Bertz CT molecular complexity index is 847. The smallest absolute Gasteiger partial charge is 0.311 e. The molecular weight excluding hydrogens is 292 g/mol. The SMILES string of the molecule is Cc1ccc(Oc2nc(N)nc3sccc23)c([N+](=O)[O-])c1. The van der Waals surface area contributed by atoms with Crippen LogP contribution in [0.25, 0.3) is 10.2 Å². The van der Waals surface area contributed by atoms with Gasteiger partial charge in [-0.25, -0.2) is 4.98 Å². The first-order valence-electron chi connectivity index (χ1n) is 5.98. The summed E-state index contributed by atoms with van der Waals surface area (Å²) in [6.07, 6.45) is 0. The number of benzene rings is 1. The Morgan fingerprint density at radius 1 is 1.33 bits per heavy atom. The lowest BCUT2D eigenvalue weighted by Gasteiger charge is -2.07. The second-order valence-electron chi connectivity index (χ2n) is 4.36. The number of nitrogen functional groups attached to an aromatic ring is 1. The third kappa shape index (κ3) is 2.48. The summed E-state index contributed by atoms with van der Waals surface area (Å²) in [4.78, 5) is 19.4. The molecule has 0 amide bonds. The highest BCUT2D eigenvalue weighted by Crippen LogP contribution is 2.35. The van der Waals surface area contributed by atoms with E-state index in [4.69, 9.17) is 10.5 Å². The van der Waals surface area contributed by atoms with E-state index in [1.54, 1.807) is 25.1 Å². The maximum atomic E-state index is 11.1. The van der Waals surface area contributed by atoms with E-state index in [1.165, 1.54) is 17.4 Å². The molecule has 0 aliphatic heterocycles. The van der Waals surface area contributed by atoms with Crippen LogP contribution in [0.5, 0.6) is 11.6 Å². The van der Waals surface area contributed by atoms with E-state index >= 15 is 0 Å². The molecule has 21 heavy (non-hydrogen) atoms. The van der Waals surface area contributed by atoms with Crippen molar-refractivity contribution in [3.8, 4) is 11.6 Å². The predicted molar refractivity (Wildman–Crippen MR) is 79.7 cm³/mol. The molecule has 0 spiro atoms. The van der Waals surface area contributed by atoms with Gasteiger partial charge in [-0.2, -0.15) is 4.98 Å². The molecular formula is C13H10N4O3S. The normalized spacial score (nSPS) is 10.7. The fourth-order valence-corrected chi connectivity index (χ4v) is 2.64. The van der Waals surface area contributed by atoms with Gasteiger partial charge in [-0.15, -0.1) is 11.3 Å². The number of aromatic nitrogens is 2. The van der Waals surface area contributed by atoms with Crippen LogP contribution in [0, 0.1) is 17.0 Å². The molecule has 2 N–H and O–H groups in total. The van der Waals surface area contributed by atoms with Crippen molar-refractivity contribution in [1.29, 1.82) is 0 Å². The van der Waals surface area contributed by atoms with Crippen molar-refractivity contribution in [3.05, 3.63) is 45.3 Å². The van der Waals surface area contributed by atoms with Gasteiger partial charge in [0.25, 0.3) is 0 Å². The maximum Gasteiger partial charge on any atom is 0.311 e. The monoisotopic (exact) mass is 302 g/mol. The highest BCUT2D eigenvalue weighted by atomic mass is 32.1. The van der Waals surface area contributed by atoms with Gasteiger partial charge in [-0.05, 0) is 30.0 Å². The highest BCUT2D eigenvalue weighted by Gasteiger charge is 2.18. The number of nitrogens with two attached hydrogens (primary N) is 1. The van der Waals surface area contributed by atoms with Gasteiger partial charge in [0.2, 0.25) is 17.6 Å². The van der Waals surface area contributed by atoms with Crippen LogP contribution < -0.4 is 10.5 Å². The first-order chi connectivity index (χ1) is 10.0. The number of hydrogen-bond acceptors (Lipinski definition) is 7. The Morgan fingerprint density at radius 3 is 2.90 bits per heavy atom. The number of nitrogens with zero attached hydrogens (tertiary/aromatic N) is 3. The summed E-state index contributed by atoms with van der Waals surface area (Å²) in [5, 5.41) is 13.6. The highest BCUT2D eigenvalue weighted by molar-refractivity contribution is 7.16. The van der Waals surface area contributed by atoms with Crippen LogP contribution in [0.2, 0.25) is 0 Å². The summed E-state index contributed by atoms with van der Waals surface area (Å²) in [5.41, 5.74) is 6.29. The lowest BCUT2D eigenvalue weighted by atomic mass is 10.2. The number of anilines is 1. The minimum absolute atomic E-state index is 0.0646. The molecule has 0 bridgehead atoms. The van der Waals surface area contributed by atoms with Crippen LogP contribution in [-0.2, 0) is 0 Å². The Labute approximate surface area is 123 Å². The van der Waals surface area contributed by atoms with Gasteiger partial charge in [0, 0.05) is 6.07 Å². The van der Waals surface area contributed by atoms with Gasteiger partial charge < -0.3 is 10.5 Å². The van der Waals surface area contributed by atoms with E-state index in [0.717, 1.165) is 5.56 Å². The van der Waals surface area contributed by atoms with E-state index in [9.17, 15) is 10.1 Å². The van der Waals surface area contributed by atoms with Crippen molar-refractivity contribution < 1.29 is 9.66 Å². The molecule has 3 rings (SSSR count). The van der Waals surface area contributed by atoms with Crippen molar-refractivity contribution >= 4 is 33.2 Å². The van der Waals surface area contributed by atoms with Gasteiger partial charge in [-0.3, -0.25) is 10.1 Å².